The molecule has 2 rings (SSSR count). The SMILES string of the molecule is COc1ccc(C(=O)c2cccc(OC(F)F)c2)cc1C. The Morgan fingerprint density at radius 1 is 1.10 bits per heavy atom. The van der Waals surface area contributed by atoms with E-state index in [1.807, 2.05) is 6.92 Å². The first-order valence-electron chi connectivity index (χ1n) is 6.25. The molecule has 0 bridgehead atoms. The minimum atomic E-state index is -2.92. The van der Waals surface area contributed by atoms with Crippen LogP contribution >= 0.6 is 0 Å². The van der Waals surface area contributed by atoms with E-state index in [1.165, 1.54) is 18.2 Å². The predicted octanol–water partition coefficient (Wildman–Crippen LogP) is 3.84. The highest BCUT2D eigenvalue weighted by Crippen LogP contribution is 2.22. The highest BCUT2D eigenvalue weighted by Gasteiger charge is 2.13. The fourth-order valence-corrected chi connectivity index (χ4v) is 2.00. The van der Waals surface area contributed by atoms with E-state index in [-0.39, 0.29) is 17.1 Å². The Kier molecular flexibility index (Phi) is 4.52. The van der Waals surface area contributed by atoms with Gasteiger partial charge in [0.25, 0.3) is 0 Å². The van der Waals surface area contributed by atoms with Crippen LogP contribution in [0.5, 0.6) is 11.5 Å². The minimum Gasteiger partial charge on any atom is -0.496 e. The molecule has 0 saturated carbocycles. The second kappa shape index (κ2) is 6.35. The average Bonchev–Trinajstić information content (AvgIpc) is 2.46. The molecule has 0 spiro atoms. The van der Waals surface area contributed by atoms with Crippen LogP contribution in [0.1, 0.15) is 21.5 Å². The number of carbonyl (C=O) groups excluding carboxylic acids is 1. The summed E-state index contributed by atoms with van der Waals surface area (Å²) in [5.74, 6) is 0.378. The quantitative estimate of drug-likeness (QED) is 0.786. The number of aryl methyl sites for hydroxylation is 1. The van der Waals surface area contributed by atoms with Gasteiger partial charge in [0.1, 0.15) is 11.5 Å². The number of methoxy groups -OCH3 is 1. The Morgan fingerprint density at radius 2 is 1.81 bits per heavy atom. The molecule has 5 heteroatoms. The maximum absolute atomic E-state index is 12.4. The molecular formula is C16H14F2O3. The molecule has 21 heavy (non-hydrogen) atoms. The molecule has 0 aliphatic rings. The topological polar surface area (TPSA) is 35.5 Å². The van der Waals surface area contributed by atoms with Gasteiger partial charge >= 0.3 is 6.61 Å². The number of halogens is 2. The highest BCUT2D eigenvalue weighted by atomic mass is 19.3. The smallest absolute Gasteiger partial charge is 0.387 e. The third-order valence-electron chi connectivity index (χ3n) is 2.98. The predicted molar refractivity (Wildman–Crippen MR) is 74.2 cm³/mol. The molecule has 0 saturated heterocycles. The molecule has 0 N–H and O–H groups in total. The second-order valence-corrected chi connectivity index (χ2v) is 4.42. The van der Waals surface area contributed by atoms with Crippen LogP contribution in [-0.4, -0.2) is 19.5 Å². The Balaban J connectivity index is 2.29. The highest BCUT2D eigenvalue weighted by molar-refractivity contribution is 6.09. The summed E-state index contributed by atoms with van der Waals surface area (Å²) in [7, 11) is 1.55. The first kappa shape index (κ1) is 15.0. The lowest BCUT2D eigenvalue weighted by Gasteiger charge is -2.08. The Bertz CT molecular complexity index is 654. The molecule has 2 aromatic rings. The lowest BCUT2D eigenvalue weighted by molar-refractivity contribution is -0.0498. The van der Waals surface area contributed by atoms with Crippen molar-refractivity contribution in [3.05, 3.63) is 59.2 Å². The van der Waals surface area contributed by atoms with E-state index in [0.717, 1.165) is 5.56 Å². The average molecular weight is 292 g/mol. The first-order chi connectivity index (χ1) is 10.0. The molecule has 0 fully saturated rings. The van der Waals surface area contributed by atoms with Crippen LogP contribution in [0.25, 0.3) is 0 Å². The minimum absolute atomic E-state index is 0.0407. The number of carbonyl (C=O) groups is 1. The molecule has 0 atom stereocenters. The van der Waals surface area contributed by atoms with Gasteiger partial charge in [-0.05, 0) is 42.8 Å². The van der Waals surface area contributed by atoms with Gasteiger partial charge in [-0.3, -0.25) is 4.79 Å². The van der Waals surface area contributed by atoms with Crippen LogP contribution in [0, 0.1) is 6.92 Å². The van der Waals surface area contributed by atoms with Gasteiger partial charge in [0, 0.05) is 11.1 Å². The number of ether oxygens (including phenoxy) is 2. The molecule has 0 unspecified atom stereocenters. The molecule has 0 aliphatic carbocycles. The summed E-state index contributed by atoms with van der Waals surface area (Å²) in [5.41, 5.74) is 1.57. The summed E-state index contributed by atoms with van der Waals surface area (Å²) >= 11 is 0. The zero-order chi connectivity index (χ0) is 15.4. The van der Waals surface area contributed by atoms with Crippen LogP contribution in [0.2, 0.25) is 0 Å². The molecular weight excluding hydrogens is 278 g/mol. The van der Waals surface area contributed by atoms with Gasteiger partial charge in [-0.25, -0.2) is 0 Å². The third kappa shape index (κ3) is 3.56. The van der Waals surface area contributed by atoms with Crippen molar-refractivity contribution in [2.24, 2.45) is 0 Å². The van der Waals surface area contributed by atoms with Gasteiger partial charge in [-0.15, -0.1) is 0 Å². The Hall–Kier alpha value is -2.43. The third-order valence-corrected chi connectivity index (χ3v) is 2.98. The van der Waals surface area contributed by atoms with Crippen molar-refractivity contribution < 1.29 is 23.0 Å². The van der Waals surface area contributed by atoms with Crippen LogP contribution in [0.15, 0.2) is 42.5 Å². The van der Waals surface area contributed by atoms with E-state index in [9.17, 15) is 13.6 Å². The lowest BCUT2D eigenvalue weighted by atomic mass is 10.0. The van der Waals surface area contributed by atoms with Crippen LogP contribution < -0.4 is 9.47 Å². The monoisotopic (exact) mass is 292 g/mol. The van der Waals surface area contributed by atoms with E-state index in [2.05, 4.69) is 4.74 Å². The molecule has 0 heterocycles. The molecule has 2 aromatic carbocycles. The maximum Gasteiger partial charge on any atom is 0.387 e. The van der Waals surface area contributed by atoms with Crippen molar-refractivity contribution in [3.63, 3.8) is 0 Å². The van der Waals surface area contributed by atoms with E-state index in [1.54, 1.807) is 31.4 Å². The van der Waals surface area contributed by atoms with Gasteiger partial charge < -0.3 is 9.47 Å². The summed E-state index contributed by atoms with van der Waals surface area (Å²) in [6, 6.07) is 10.8. The van der Waals surface area contributed by atoms with Crippen LogP contribution in [-0.2, 0) is 0 Å². The second-order valence-electron chi connectivity index (χ2n) is 4.42. The zero-order valence-electron chi connectivity index (χ0n) is 11.6. The summed E-state index contributed by atoms with van der Waals surface area (Å²) in [6.07, 6.45) is 0. The largest absolute Gasteiger partial charge is 0.496 e. The van der Waals surface area contributed by atoms with E-state index in [4.69, 9.17) is 4.74 Å². The van der Waals surface area contributed by atoms with Gasteiger partial charge in [-0.1, -0.05) is 12.1 Å². The standard InChI is InChI=1S/C16H14F2O3/c1-10-8-12(6-7-14(10)20-2)15(19)11-4-3-5-13(9-11)21-16(17)18/h3-9,16H,1-2H3. The van der Waals surface area contributed by atoms with Gasteiger partial charge in [-0.2, -0.15) is 8.78 Å². The Labute approximate surface area is 121 Å². The van der Waals surface area contributed by atoms with Crippen molar-refractivity contribution in [2.45, 2.75) is 13.5 Å². The number of ketones is 1. The van der Waals surface area contributed by atoms with E-state index in [0.29, 0.717) is 11.3 Å². The van der Waals surface area contributed by atoms with Crippen molar-refractivity contribution in [2.75, 3.05) is 7.11 Å². The number of rotatable bonds is 5. The molecule has 3 nitrogen and oxygen atoms in total. The summed E-state index contributed by atoms with van der Waals surface area (Å²) in [4.78, 5) is 12.4. The van der Waals surface area contributed by atoms with Gasteiger partial charge in [0.2, 0.25) is 0 Å². The normalized spacial score (nSPS) is 10.5. The van der Waals surface area contributed by atoms with Crippen molar-refractivity contribution in [3.8, 4) is 11.5 Å². The van der Waals surface area contributed by atoms with E-state index < -0.39 is 6.61 Å². The first-order valence-corrected chi connectivity index (χ1v) is 6.25. The summed E-state index contributed by atoms with van der Waals surface area (Å²) < 4.78 is 33.8. The molecule has 0 aliphatic heterocycles. The lowest BCUT2D eigenvalue weighted by Crippen LogP contribution is -2.05. The molecule has 0 aromatic heterocycles. The fourth-order valence-electron chi connectivity index (χ4n) is 2.00. The van der Waals surface area contributed by atoms with Crippen molar-refractivity contribution in [1.82, 2.24) is 0 Å². The number of benzene rings is 2. The van der Waals surface area contributed by atoms with Crippen LogP contribution in [0.4, 0.5) is 8.78 Å². The van der Waals surface area contributed by atoms with Crippen LogP contribution in [0.3, 0.4) is 0 Å². The summed E-state index contributed by atoms with van der Waals surface area (Å²) in [6.45, 7) is -1.09. The summed E-state index contributed by atoms with van der Waals surface area (Å²) in [5, 5.41) is 0. The zero-order valence-corrected chi connectivity index (χ0v) is 11.6. The van der Waals surface area contributed by atoms with E-state index >= 15 is 0 Å². The van der Waals surface area contributed by atoms with Crippen molar-refractivity contribution in [1.29, 1.82) is 0 Å². The maximum atomic E-state index is 12.4. The molecule has 0 amide bonds. The molecule has 0 radical (unpaired) electrons. The van der Waals surface area contributed by atoms with Gasteiger partial charge in [0.05, 0.1) is 7.11 Å². The van der Waals surface area contributed by atoms with Gasteiger partial charge in [0.15, 0.2) is 5.78 Å². The Morgan fingerprint density at radius 3 is 2.43 bits per heavy atom. The number of alkyl halides is 2. The molecule has 110 valence electrons. The number of hydrogen-bond donors (Lipinski definition) is 0. The number of hydrogen-bond acceptors (Lipinski definition) is 3. The fraction of sp³-hybridized carbons (Fsp3) is 0.188. The van der Waals surface area contributed by atoms with Crippen molar-refractivity contribution >= 4 is 5.78 Å².